The minimum absolute atomic E-state index is 0.329. The molecule has 3 heterocycles. The molecule has 0 spiro atoms. The van der Waals surface area contributed by atoms with Crippen molar-refractivity contribution in [2.24, 2.45) is 14.1 Å². The summed E-state index contributed by atoms with van der Waals surface area (Å²) in [5, 5.41) is 0.839. The maximum atomic E-state index is 12.4. The Morgan fingerprint density at radius 3 is 2.76 bits per heavy atom. The molecule has 9 heteroatoms. The summed E-state index contributed by atoms with van der Waals surface area (Å²) in [5.74, 6) is 0.720. The van der Waals surface area contributed by atoms with E-state index in [1.54, 1.807) is 29.7 Å². The smallest absolute Gasteiger partial charge is 0.332 e. The normalized spacial score (nSPS) is 11.6. The molecule has 1 N–H and O–H groups in total. The van der Waals surface area contributed by atoms with Crippen molar-refractivity contribution in [3.8, 4) is 0 Å². The SMILES string of the molecule is Cn1c(=O)c2c(ncn2CCSc2nc3ccccc3[nH]2)n(C)c1=O. The first kappa shape index (κ1) is 15.7. The van der Waals surface area contributed by atoms with Crippen molar-refractivity contribution in [3.63, 3.8) is 0 Å². The Bertz CT molecular complexity index is 1170. The zero-order valence-corrected chi connectivity index (χ0v) is 14.6. The van der Waals surface area contributed by atoms with Crippen LogP contribution in [0.25, 0.3) is 22.2 Å². The average molecular weight is 356 g/mol. The van der Waals surface area contributed by atoms with E-state index in [-0.39, 0.29) is 11.2 Å². The summed E-state index contributed by atoms with van der Waals surface area (Å²) in [5.41, 5.74) is 2.07. The number of benzene rings is 1. The molecule has 0 aliphatic rings. The predicted octanol–water partition coefficient (Wildman–Crippen LogP) is 1.10. The van der Waals surface area contributed by atoms with Gasteiger partial charge in [0, 0.05) is 26.4 Å². The number of nitrogens with one attached hydrogen (secondary N) is 1. The summed E-state index contributed by atoms with van der Waals surface area (Å²) < 4.78 is 4.28. The van der Waals surface area contributed by atoms with Gasteiger partial charge in [-0.2, -0.15) is 0 Å². The van der Waals surface area contributed by atoms with Gasteiger partial charge < -0.3 is 9.55 Å². The van der Waals surface area contributed by atoms with Crippen LogP contribution in [0.1, 0.15) is 0 Å². The fourth-order valence-electron chi connectivity index (χ4n) is 2.80. The Hall–Kier alpha value is -2.81. The predicted molar refractivity (Wildman–Crippen MR) is 97.0 cm³/mol. The third-order valence-corrected chi connectivity index (χ3v) is 5.01. The Balaban J connectivity index is 1.59. The second-order valence-corrected chi connectivity index (χ2v) is 6.81. The van der Waals surface area contributed by atoms with Crippen LogP contribution in [0.3, 0.4) is 0 Å². The summed E-state index contributed by atoms with van der Waals surface area (Å²) >= 11 is 1.58. The molecule has 3 aromatic heterocycles. The number of imidazole rings is 2. The number of hydrogen-bond donors (Lipinski definition) is 1. The maximum Gasteiger partial charge on any atom is 0.332 e. The number of aryl methyl sites for hydroxylation is 2. The molecule has 0 saturated carbocycles. The second-order valence-electron chi connectivity index (χ2n) is 5.72. The molecular weight excluding hydrogens is 340 g/mol. The highest BCUT2D eigenvalue weighted by molar-refractivity contribution is 7.99. The fourth-order valence-corrected chi connectivity index (χ4v) is 3.63. The van der Waals surface area contributed by atoms with Crippen LogP contribution in [-0.2, 0) is 20.6 Å². The van der Waals surface area contributed by atoms with Crippen molar-refractivity contribution in [1.82, 2.24) is 28.7 Å². The molecule has 4 aromatic rings. The van der Waals surface area contributed by atoms with Gasteiger partial charge in [0.25, 0.3) is 5.56 Å². The van der Waals surface area contributed by atoms with Crippen molar-refractivity contribution < 1.29 is 0 Å². The third kappa shape index (κ3) is 2.56. The van der Waals surface area contributed by atoms with Crippen molar-refractivity contribution in [2.75, 3.05) is 5.75 Å². The van der Waals surface area contributed by atoms with Crippen LogP contribution in [0.4, 0.5) is 0 Å². The van der Waals surface area contributed by atoms with Gasteiger partial charge in [-0.05, 0) is 12.1 Å². The maximum absolute atomic E-state index is 12.4. The summed E-state index contributed by atoms with van der Waals surface area (Å²) in [6.07, 6.45) is 1.60. The van der Waals surface area contributed by atoms with Crippen molar-refractivity contribution in [1.29, 1.82) is 0 Å². The molecule has 0 aliphatic heterocycles. The van der Waals surface area contributed by atoms with Gasteiger partial charge in [-0.25, -0.2) is 14.8 Å². The lowest BCUT2D eigenvalue weighted by atomic mass is 10.3. The van der Waals surface area contributed by atoms with Crippen molar-refractivity contribution in [2.45, 2.75) is 11.7 Å². The number of aromatic nitrogens is 6. The van der Waals surface area contributed by atoms with Crippen LogP contribution in [0.2, 0.25) is 0 Å². The molecule has 4 rings (SSSR count). The van der Waals surface area contributed by atoms with E-state index in [2.05, 4.69) is 15.0 Å². The van der Waals surface area contributed by atoms with E-state index in [4.69, 9.17) is 0 Å². The van der Waals surface area contributed by atoms with E-state index in [1.807, 2.05) is 24.3 Å². The van der Waals surface area contributed by atoms with Gasteiger partial charge in [-0.3, -0.25) is 13.9 Å². The molecule has 8 nitrogen and oxygen atoms in total. The van der Waals surface area contributed by atoms with E-state index >= 15 is 0 Å². The van der Waals surface area contributed by atoms with Crippen LogP contribution >= 0.6 is 11.8 Å². The second kappa shape index (κ2) is 5.92. The quantitative estimate of drug-likeness (QED) is 0.553. The summed E-state index contributed by atoms with van der Waals surface area (Å²) in [6, 6.07) is 7.87. The molecule has 0 aliphatic carbocycles. The fraction of sp³-hybridized carbons (Fsp3) is 0.250. The molecule has 1 aromatic carbocycles. The first-order valence-electron chi connectivity index (χ1n) is 7.74. The molecule has 0 amide bonds. The molecule has 0 saturated heterocycles. The van der Waals surface area contributed by atoms with Gasteiger partial charge in [0.2, 0.25) is 0 Å². The Morgan fingerprint density at radius 2 is 1.96 bits per heavy atom. The molecule has 0 radical (unpaired) electrons. The van der Waals surface area contributed by atoms with Gasteiger partial charge in [-0.15, -0.1) is 0 Å². The van der Waals surface area contributed by atoms with E-state index in [0.717, 1.165) is 26.5 Å². The highest BCUT2D eigenvalue weighted by Crippen LogP contribution is 2.19. The highest BCUT2D eigenvalue weighted by Gasteiger charge is 2.14. The van der Waals surface area contributed by atoms with Crippen molar-refractivity contribution >= 4 is 34.0 Å². The Labute approximate surface area is 146 Å². The first-order chi connectivity index (χ1) is 12.1. The molecule has 0 fully saturated rings. The minimum Gasteiger partial charge on any atom is -0.333 e. The zero-order chi connectivity index (χ0) is 17.6. The summed E-state index contributed by atoms with van der Waals surface area (Å²) in [6.45, 7) is 0.589. The lowest BCUT2D eigenvalue weighted by Gasteiger charge is -2.06. The number of para-hydroxylation sites is 2. The average Bonchev–Trinajstić information content (AvgIpc) is 3.22. The van der Waals surface area contributed by atoms with E-state index in [0.29, 0.717) is 17.7 Å². The number of hydrogen-bond acceptors (Lipinski definition) is 5. The van der Waals surface area contributed by atoms with Crippen LogP contribution in [0.5, 0.6) is 0 Å². The van der Waals surface area contributed by atoms with Gasteiger partial charge in [0.05, 0.1) is 17.4 Å². The number of H-pyrrole nitrogens is 1. The monoisotopic (exact) mass is 356 g/mol. The van der Waals surface area contributed by atoms with Crippen LogP contribution in [-0.4, -0.2) is 34.4 Å². The molecule has 0 bridgehead atoms. The van der Waals surface area contributed by atoms with E-state index < -0.39 is 0 Å². The van der Waals surface area contributed by atoms with E-state index in [9.17, 15) is 9.59 Å². The number of aromatic amines is 1. The lowest BCUT2D eigenvalue weighted by Crippen LogP contribution is -2.37. The summed E-state index contributed by atoms with van der Waals surface area (Å²) in [7, 11) is 3.09. The van der Waals surface area contributed by atoms with E-state index in [1.165, 1.54) is 11.6 Å². The van der Waals surface area contributed by atoms with Crippen LogP contribution in [0.15, 0.2) is 45.3 Å². The Morgan fingerprint density at radius 1 is 1.16 bits per heavy atom. The lowest BCUT2D eigenvalue weighted by molar-refractivity contribution is 0.700. The van der Waals surface area contributed by atoms with Gasteiger partial charge >= 0.3 is 5.69 Å². The molecule has 0 unspecified atom stereocenters. The van der Waals surface area contributed by atoms with Crippen molar-refractivity contribution in [3.05, 3.63) is 51.4 Å². The standard InChI is InChI=1S/C16H16N6O2S/c1-20-13-12(14(23)21(2)16(20)24)22(9-17-13)7-8-25-15-18-10-5-3-4-6-11(10)19-15/h3-6,9H,7-8H2,1-2H3,(H,18,19). The number of nitrogens with zero attached hydrogens (tertiary/aromatic N) is 5. The molecule has 25 heavy (non-hydrogen) atoms. The Kier molecular flexibility index (Phi) is 3.72. The van der Waals surface area contributed by atoms with Crippen LogP contribution < -0.4 is 11.2 Å². The molecule has 0 atom stereocenters. The number of thioether (sulfide) groups is 1. The van der Waals surface area contributed by atoms with Gasteiger partial charge in [0.1, 0.15) is 0 Å². The van der Waals surface area contributed by atoms with Gasteiger partial charge in [0.15, 0.2) is 16.3 Å². The van der Waals surface area contributed by atoms with Gasteiger partial charge in [-0.1, -0.05) is 23.9 Å². The topological polar surface area (TPSA) is 90.5 Å². The highest BCUT2D eigenvalue weighted by atomic mass is 32.2. The number of rotatable bonds is 4. The van der Waals surface area contributed by atoms with Crippen LogP contribution in [0, 0.1) is 0 Å². The number of fused-ring (bicyclic) bond motifs is 2. The first-order valence-corrected chi connectivity index (χ1v) is 8.73. The largest absolute Gasteiger partial charge is 0.333 e. The molecule has 128 valence electrons. The zero-order valence-electron chi connectivity index (χ0n) is 13.8. The third-order valence-electron chi connectivity index (χ3n) is 4.16. The molecular formula is C16H16N6O2S. The minimum atomic E-state index is -0.376. The summed E-state index contributed by atoms with van der Waals surface area (Å²) in [4.78, 5) is 36.4.